The lowest BCUT2D eigenvalue weighted by Crippen LogP contribution is -2.36. The number of carbonyl (C=O) groups excluding carboxylic acids is 1. The molecular weight excluding hydrogens is 386 g/mol. The predicted octanol–water partition coefficient (Wildman–Crippen LogP) is 3.43. The van der Waals surface area contributed by atoms with Gasteiger partial charge in [0, 0.05) is 30.0 Å². The van der Waals surface area contributed by atoms with Gasteiger partial charge >= 0.3 is 0 Å². The minimum atomic E-state index is -3.56. The van der Waals surface area contributed by atoms with E-state index in [2.05, 4.69) is 5.32 Å². The molecular formula is C19H24ClN3O3S. The molecule has 0 spiro atoms. The van der Waals surface area contributed by atoms with Gasteiger partial charge in [-0.1, -0.05) is 12.5 Å². The average molecular weight is 410 g/mol. The van der Waals surface area contributed by atoms with Crippen molar-refractivity contribution >= 4 is 39.7 Å². The van der Waals surface area contributed by atoms with Crippen LogP contribution < -0.4 is 11.1 Å². The first-order valence-electron chi connectivity index (χ1n) is 8.65. The van der Waals surface area contributed by atoms with Crippen LogP contribution in [0.25, 0.3) is 0 Å². The van der Waals surface area contributed by atoms with Crippen molar-refractivity contribution in [3.05, 3.63) is 53.6 Å². The first-order chi connectivity index (χ1) is 12.4. The Morgan fingerprint density at radius 3 is 2.30 bits per heavy atom. The Kier molecular flexibility index (Phi) is 6.86. The van der Waals surface area contributed by atoms with Crippen LogP contribution in [-0.2, 0) is 10.0 Å². The highest BCUT2D eigenvalue weighted by atomic mass is 35.5. The van der Waals surface area contributed by atoms with E-state index in [9.17, 15) is 13.2 Å². The van der Waals surface area contributed by atoms with Crippen molar-refractivity contribution in [2.45, 2.75) is 31.1 Å². The minimum Gasteiger partial charge on any atom is -0.399 e. The van der Waals surface area contributed by atoms with E-state index in [1.807, 2.05) is 0 Å². The Labute approximate surface area is 166 Å². The molecule has 8 heteroatoms. The number of benzene rings is 2. The number of aryl methyl sites for hydroxylation is 1. The van der Waals surface area contributed by atoms with E-state index in [1.54, 1.807) is 43.3 Å². The van der Waals surface area contributed by atoms with E-state index < -0.39 is 10.0 Å². The van der Waals surface area contributed by atoms with Gasteiger partial charge in [-0.25, -0.2) is 8.42 Å². The van der Waals surface area contributed by atoms with Crippen molar-refractivity contribution in [1.82, 2.24) is 4.31 Å². The van der Waals surface area contributed by atoms with E-state index in [0.29, 0.717) is 35.6 Å². The molecule has 1 aliphatic rings. The molecule has 0 bridgehead atoms. The molecule has 27 heavy (non-hydrogen) atoms. The van der Waals surface area contributed by atoms with Gasteiger partial charge in [-0.3, -0.25) is 4.79 Å². The van der Waals surface area contributed by atoms with Gasteiger partial charge in [-0.05, 0) is 61.7 Å². The van der Waals surface area contributed by atoms with Crippen molar-refractivity contribution in [3.63, 3.8) is 0 Å². The number of piperidine rings is 1. The van der Waals surface area contributed by atoms with Crippen molar-refractivity contribution in [3.8, 4) is 0 Å². The quantitative estimate of drug-likeness (QED) is 0.756. The Morgan fingerprint density at radius 2 is 1.67 bits per heavy atom. The van der Waals surface area contributed by atoms with Gasteiger partial charge in [0.15, 0.2) is 0 Å². The van der Waals surface area contributed by atoms with Gasteiger partial charge in [0.1, 0.15) is 0 Å². The number of nitrogen functional groups attached to an aromatic ring is 1. The maximum atomic E-state index is 13.0. The van der Waals surface area contributed by atoms with Crippen LogP contribution in [-0.4, -0.2) is 31.7 Å². The largest absolute Gasteiger partial charge is 0.399 e. The number of carbonyl (C=O) groups is 1. The van der Waals surface area contributed by atoms with Crippen LogP contribution in [0.15, 0.2) is 47.4 Å². The highest BCUT2D eigenvalue weighted by Gasteiger charge is 2.27. The zero-order valence-electron chi connectivity index (χ0n) is 15.1. The summed E-state index contributed by atoms with van der Waals surface area (Å²) < 4.78 is 27.4. The minimum absolute atomic E-state index is 0. The number of amides is 1. The first kappa shape index (κ1) is 21.2. The lowest BCUT2D eigenvalue weighted by Gasteiger charge is -2.26. The van der Waals surface area contributed by atoms with Crippen LogP contribution in [0.3, 0.4) is 0 Å². The Morgan fingerprint density at radius 1 is 1.04 bits per heavy atom. The summed E-state index contributed by atoms with van der Waals surface area (Å²) in [6, 6.07) is 11.5. The van der Waals surface area contributed by atoms with Crippen molar-refractivity contribution in [1.29, 1.82) is 0 Å². The van der Waals surface area contributed by atoms with Crippen LogP contribution in [0.2, 0.25) is 0 Å². The van der Waals surface area contributed by atoms with Gasteiger partial charge in [-0.15, -0.1) is 12.4 Å². The highest BCUT2D eigenvalue weighted by Crippen LogP contribution is 2.26. The molecule has 3 rings (SSSR count). The molecule has 0 aliphatic carbocycles. The number of halogens is 1. The number of nitrogens with zero attached hydrogens (tertiary/aromatic N) is 1. The molecule has 1 saturated heterocycles. The molecule has 1 amide bonds. The van der Waals surface area contributed by atoms with E-state index in [0.717, 1.165) is 19.3 Å². The van der Waals surface area contributed by atoms with Gasteiger partial charge in [0.25, 0.3) is 5.91 Å². The molecule has 1 aliphatic heterocycles. The third-order valence-electron chi connectivity index (χ3n) is 4.55. The summed E-state index contributed by atoms with van der Waals surface area (Å²) in [6.07, 6.45) is 2.82. The maximum absolute atomic E-state index is 13.0. The number of nitrogens with one attached hydrogen (secondary N) is 1. The van der Waals surface area contributed by atoms with Crippen molar-refractivity contribution < 1.29 is 13.2 Å². The number of sulfonamides is 1. The second-order valence-corrected chi connectivity index (χ2v) is 8.43. The summed E-state index contributed by atoms with van der Waals surface area (Å²) in [4.78, 5) is 12.6. The molecule has 3 N–H and O–H groups in total. The summed E-state index contributed by atoms with van der Waals surface area (Å²) in [5.74, 6) is -0.310. The van der Waals surface area contributed by atoms with E-state index in [-0.39, 0.29) is 23.2 Å². The molecule has 1 heterocycles. The summed E-state index contributed by atoms with van der Waals surface area (Å²) in [7, 11) is -3.56. The molecule has 0 radical (unpaired) electrons. The summed E-state index contributed by atoms with van der Waals surface area (Å²) in [5, 5.41) is 2.76. The Hall–Kier alpha value is -2.09. The van der Waals surface area contributed by atoms with Crippen molar-refractivity contribution in [2.75, 3.05) is 24.1 Å². The monoisotopic (exact) mass is 409 g/mol. The molecule has 2 aromatic rings. The van der Waals surface area contributed by atoms with Gasteiger partial charge in [0.05, 0.1) is 4.90 Å². The number of hydrogen-bond acceptors (Lipinski definition) is 4. The zero-order valence-corrected chi connectivity index (χ0v) is 16.8. The fraction of sp³-hybridized carbons (Fsp3) is 0.316. The Balaban J connectivity index is 0.00000261. The van der Waals surface area contributed by atoms with Crippen LogP contribution in [0.1, 0.15) is 35.2 Å². The fourth-order valence-corrected chi connectivity index (χ4v) is 4.81. The third kappa shape index (κ3) is 4.80. The topological polar surface area (TPSA) is 92.5 Å². The van der Waals surface area contributed by atoms with E-state index in [4.69, 9.17) is 5.73 Å². The molecule has 1 fully saturated rings. The summed E-state index contributed by atoms with van der Waals surface area (Å²) in [5.41, 5.74) is 7.79. The number of rotatable bonds is 4. The molecule has 2 aromatic carbocycles. The molecule has 0 atom stereocenters. The normalized spacial score (nSPS) is 15.0. The molecule has 0 aromatic heterocycles. The van der Waals surface area contributed by atoms with Gasteiger partial charge < -0.3 is 11.1 Å². The second-order valence-electron chi connectivity index (χ2n) is 6.52. The summed E-state index contributed by atoms with van der Waals surface area (Å²) >= 11 is 0. The second kappa shape index (κ2) is 8.73. The zero-order chi connectivity index (χ0) is 18.7. The lowest BCUT2D eigenvalue weighted by atomic mass is 10.2. The van der Waals surface area contributed by atoms with Crippen molar-refractivity contribution in [2.24, 2.45) is 0 Å². The highest BCUT2D eigenvalue weighted by molar-refractivity contribution is 7.89. The van der Waals surface area contributed by atoms with Crippen LogP contribution in [0, 0.1) is 6.92 Å². The number of nitrogens with two attached hydrogens (primary N) is 1. The van der Waals surface area contributed by atoms with Crippen LogP contribution in [0.5, 0.6) is 0 Å². The van der Waals surface area contributed by atoms with E-state index in [1.165, 1.54) is 10.4 Å². The number of anilines is 2. The van der Waals surface area contributed by atoms with Gasteiger partial charge in [0.2, 0.25) is 10.0 Å². The predicted molar refractivity (Wildman–Crippen MR) is 110 cm³/mol. The smallest absolute Gasteiger partial charge is 0.255 e. The Bertz CT molecular complexity index is 908. The first-order valence-corrected chi connectivity index (χ1v) is 10.1. The molecule has 0 unspecified atom stereocenters. The van der Waals surface area contributed by atoms with Crippen LogP contribution in [0.4, 0.5) is 11.4 Å². The maximum Gasteiger partial charge on any atom is 0.255 e. The van der Waals surface area contributed by atoms with Crippen LogP contribution >= 0.6 is 12.4 Å². The van der Waals surface area contributed by atoms with E-state index >= 15 is 0 Å². The average Bonchev–Trinajstić information content (AvgIpc) is 2.64. The molecule has 146 valence electrons. The lowest BCUT2D eigenvalue weighted by molar-refractivity contribution is 0.102. The van der Waals surface area contributed by atoms with Gasteiger partial charge in [-0.2, -0.15) is 4.31 Å². The third-order valence-corrected chi connectivity index (χ3v) is 6.59. The molecule has 6 nitrogen and oxygen atoms in total. The SMILES string of the molecule is Cc1ccc(NC(=O)c2ccc(N)cc2)cc1S(=O)(=O)N1CCCCC1.Cl. The standard InChI is InChI=1S/C19H23N3O3S.ClH/c1-14-5-10-17(21-19(23)15-6-8-16(20)9-7-15)13-18(14)26(24,25)22-11-3-2-4-12-22;/h5-10,13H,2-4,11-12,20H2,1H3,(H,21,23);1H. The molecule has 0 saturated carbocycles. The fourth-order valence-electron chi connectivity index (χ4n) is 3.04. The number of hydrogen-bond donors (Lipinski definition) is 2. The summed E-state index contributed by atoms with van der Waals surface area (Å²) in [6.45, 7) is 2.86.